The van der Waals surface area contributed by atoms with Crippen LogP contribution in [0.4, 0.5) is 0 Å². The average molecular weight is 269 g/mol. The summed E-state index contributed by atoms with van der Waals surface area (Å²) in [4.78, 5) is 25.6. The zero-order valence-corrected chi connectivity index (χ0v) is 12.2. The molecule has 1 atom stereocenters. The molecule has 2 N–H and O–H groups in total. The van der Waals surface area contributed by atoms with Crippen molar-refractivity contribution in [2.24, 2.45) is 5.92 Å². The third-order valence-electron chi connectivity index (χ3n) is 3.55. The zero-order chi connectivity index (χ0) is 14.1. The summed E-state index contributed by atoms with van der Waals surface area (Å²) in [7, 11) is 1.83. The van der Waals surface area contributed by atoms with Crippen molar-refractivity contribution in [1.82, 2.24) is 15.5 Å². The van der Waals surface area contributed by atoms with E-state index in [0.29, 0.717) is 19.5 Å². The highest BCUT2D eigenvalue weighted by atomic mass is 16.2. The summed E-state index contributed by atoms with van der Waals surface area (Å²) in [5, 5.41) is 5.80. The molecule has 1 aliphatic heterocycles. The van der Waals surface area contributed by atoms with Crippen LogP contribution in [0.2, 0.25) is 0 Å². The molecule has 0 aliphatic carbocycles. The molecule has 1 fully saturated rings. The van der Waals surface area contributed by atoms with Crippen molar-refractivity contribution in [1.29, 1.82) is 0 Å². The van der Waals surface area contributed by atoms with E-state index < -0.39 is 0 Å². The minimum atomic E-state index is -0.0571. The number of likely N-dealkylation sites (tertiary alicyclic amines) is 1. The summed E-state index contributed by atoms with van der Waals surface area (Å²) in [5.74, 6) is 0.125. The number of carbonyl (C=O) groups is 2. The van der Waals surface area contributed by atoms with Gasteiger partial charge in [0.25, 0.3) is 0 Å². The molecule has 5 heteroatoms. The molecule has 1 unspecified atom stereocenters. The molecule has 110 valence electrons. The van der Waals surface area contributed by atoms with Gasteiger partial charge in [0.05, 0.1) is 0 Å². The topological polar surface area (TPSA) is 61.4 Å². The van der Waals surface area contributed by atoms with Crippen LogP contribution in [0, 0.1) is 5.92 Å². The number of hydrogen-bond acceptors (Lipinski definition) is 3. The van der Waals surface area contributed by atoms with Gasteiger partial charge in [-0.05, 0) is 19.9 Å². The van der Waals surface area contributed by atoms with Gasteiger partial charge < -0.3 is 15.5 Å². The van der Waals surface area contributed by atoms with Gasteiger partial charge in [-0.25, -0.2) is 0 Å². The molecule has 1 aliphatic rings. The fourth-order valence-corrected chi connectivity index (χ4v) is 2.34. The van der Waals surface area contributed by atoms with Gasteiger partial charge >= 0.3 is 0 Å². The summed E-state index contributed by atoms with van der Waals surface area (Å²) in [6.07, 6.45) is 5.08. The molecule has 0 spiro atoms. The quantitative estimate of drug-likeness (QED) is 0.748. The number of amides is 2. The standard InChI is InChI=1S/C14H27N3O2/c1-12(11-15-2)14(19)16-8-7-13(18)17-9-5-3-4-6-10-17/h12,15H,3-11H2,1-2H3,(H,16,19). The van der Waals surface area contributed by atoms with Crippen LogP contribution < -0.4 is 10.6 Å². The molecule has 1 rings (SSSR count). The van der Waals surface area contributed by atoms with Crippen molar-refractivity contribution in [3.63, 3.8) is 0 Å². The first kappa shape index (κ1) is 16.0. The van der Waals surface area contributed by atoms with Crippen LogP contribution in [-0.4, -0.2) is 49.9 Å². The van der Waals surface area contributed by atoms with E-state index >= 15 is 0 Å². The molecule has 0 aromatic rings. The van der Waals surface area contributed by atoms with Gasteiger partial charge in [-0.3, -0.25) is 9.59 Å². The molecule has 1 saturated heterocycles. The van der Waals surface area contributed by atoms with Gasteiger partial charge in [0.15, 0.2) is 0 Å². The fraction of sp³-hybridized carbons (Fsp3) is 0.857. The second-order valence-corrected chi connectivity index (χ2v) is 5.29. The van der Waals surface area contributed by atoms with Crippen LogP contribution in [0.25, 0.3) is 0 Å². The van der Waals surface area contributed by atoms with E-state index in [1.54, 1.807) is 0 Å². The van der Waals surface area contributed by atoms with E-state index in [-0.39, 0.29) is 17.7 Å². The molecule has 0 bridgehead atoms. The Kier molecular flexibility index (Phi) is 7.48. The minimum absolute atomic E-state index is 0.0121. The Hall–Kier alpha value is -1.10. The van der Waals surface area contributed by atoms with Crippen molar-refractivity contribution in [3.8, 4) is 0 Å². The third kappa shape index (κ3) is 6.05. The molecular formula is C14H27N3O2. The van der Waals surface area contributed by atoms with E-state index in [2.05, 4.69) is 10.6 Å². The highest BCUT2D eigenvalue weighted by Crippen LogP contribution is 2.10. The first-order valence-electron chi connectivity index (χ1n) is 7.35. The number of hydrogen-bond donors (Lipinski definition) is 2. The lowest BCUT2D eigenvalue weighted by Gasteiger charge is -2.20. The Balaban J connectivity index is 2.20. The summed E-state index contributed by atoms with van der Waals surface area (Å²) in [5.41, 5.74) is 0. The number of nitrogens with one attached hydrogen (secondary N) is 2. The van der Waals surface area contributed by atoms with Gasteiger partial charge in [0.1, 0.15) is 0 Å². The highest BCUT2D eigenvalue weighted by molar-refractivity contribution is 5.80. The lowest BCUT2D eigenvalue weighted by atomic mass is 10.1. The summed E-state index contributed by atoms with van der Waals surface area (Å²) in [6.45, 7) is 4.74. The van der Waals surface area contributed by atoms with Crippen LogP contribution in [0.3, 0.4) is 0 Å². The van der Waals surface area contributed by atoms with Crippen LogP contribution in [0.15, 0.2) is 0 Å². The second-order valence-electron chi connectivity index (χ2n) is 5.29. The SMILES string of the molecule is CNCC(C)C(=O)NCCC(=O)N1CCCCCC1. The van der Waals surface area contributed by atoms with Gasteiger partial charge in [-0.1, -0.05) is 19.8 Å². The fourth-order valence-electron chi connectivity index (χ4n) is 2.34. The maximum Gasteiger partial charge on any atom is 0.224 e. The maximum absolute atomic E-state index is 12.0. The van der Waals surface area contributed by atoms with Gasteiger partial charge in [-0.2, -0.15) is 0 Å². The smallest absolute Gasteiger partial charge is 0.224 e. The molecule has 19 heavy (non-hydrogen) atoms. The van der Waals surface area contributed by atoms with Crippen molar-refractivity contribution in [3.05, 3.63) is 0 Å². The van der Waals surface area contributed by atoms with Crippen LogP contribution in [0.5, 0.6) is 0 Å². The molecule has 0 aromatic carbocycles. The summed E-state index contributed by atoms with van der Waals surface area (Å²) in [6, 6.07) is 0. The zero-order valence-electron chi connectivity index (χ0n) is 12.2. The number of rotatable bonds is 6. The Morgan fingerprint density at radius 1 is 1.16 bits per heavy atom. The Morgan fingerprint density at radius 2 is 1.79 bits per heavy atom. The predicted octanol–water partition coefficient (Wildman–Crippen LogP) is 0.751. The average Bonchev–Trinajstić information content (AvgIpc) is 2.67. The molecular weight excluding hydrogens is 242 g/mol. The Bertz CT molecular complexity index is 286. The van der Waals surface area contributed by atoms with Gasteiger partial charge in [0, 0.05) is 38.5 Å². The number of nitrogens with zero attached hydrogens (tertiary/aromatic N) is 1. The third-order valence-corrected chi connectivity index (χ3v) is 3.55. The minimum Gasteiger partial charge on any atom is -0.355 e. The van der Waals surface area contributed by atoms with E-state index in [9.17, 15) is 9.59 Å². The first-order valence-corrected chi connectivity index (χ1v) is 7.35. The molecule has 2 amide bonds. The largest absolute Gasteiger partial charge is 0.355 e. The van der Waals surface area contributed by atoms with E-state index in [1.165, 1.54) is 12.8 Å². The lowest BCUT2D eigenvalue weighted by Crippen LogP contribution is -2.38. The monoisotopic (exact) mass is 269 g/mol. The van der Waals surface area contributed by atoms with Crippen molar-refractivity contribution >= 4 is 11.8 Å². The highest BCUT2D eigenvalue weighted by Gasteiger charge is 2.16. The summed E-state index contributed by atoms with van der Waals surface area (Å²) < 4.78 is 0. The first-order chi connectivity index (χ1) is 9.15. The second kappa shape index (κ2) is 8.91. The predicted molar refractivity (Wildman–Crippen MR) is 75.8 cm³/mol. The van der Waals surface area contributed by atoms with E-state index in [0.717, 1.165) is 25.9 Å². The van der Waals surface area contributed by atoms with Crippen molar-refractivity contribution in [2.75, 3.05) is 33.2 Å². The Morgan fingerprint density at radius 3 is 2.37 bits per heavy atom. The molecule has 0 saturated carbocycles. The molecule has 0 radical (unpaired) electrons. The van der Waals surface area contributed by atoms with Crippen LogP contribution in [-0.2, 0) is 9.59 Å². The normalized spacial score (nSPS) is 17.7. The Labute approximate surface area is 116 Å². The number of carbonyl (C=O) groups excluding carboxylic acids is 2. The molecule has 0 aromatic heterocycles. The maximum atomic E-state index is 12.0. The molecule has 1 heterocycles. The van der Waals surface area contributed by atoms with Crippen LogP contribution in [0.1, 0.15) is 39.0 Å². The van der Waals surface area contributed by atoms with Crippen molar-refractivity contribution in [2.45, 2.75) is 39.0 Å². The van der Waals surface area contributed by atoms with Gasteiger partial charge in [-0.15, -0.1) is 0 Å². The van der Waals surface area contributed by atoms with E-state index in [4.69, 9.17) is 0 Å². The lowest BCUT2D eigenvalue weighted by molar-refractivity contribution is -0.131. The van der Waals surface area contributed by atoms with Crippen LogP contribution >= 0.6 is 0 Å². The van der Waals surface area contributed by atoms with Crippen molar-refractivity contribution < 1.29 is 9.59 Å². The summed E-state index contributed by atoms with van der Waals surface area (Å²) >= 11 is 0. The van der Waals surface area contributed by atoms with E-state index in [1.807, 2.05) is 18.9 Å². The van der Waals surface area contributed by atoms with Gasteiger partial charge in [0.2, 0.25) is 11.8 Å². The molecule has 5 nitrogen and oxygen atoms in total.